The van der Waals surface area contributed by atoms with E-state index in [0.29, 0.717) is 0 Å². The average molecular weight is 321 g/mol. The van der Waals surface area contributed by atoms with Crippen LogP contribution in [-0.2, 0) is 4.46 Å². The van der Waals surface area contributed by atoms with Crippen molar-refractivity contribution in [2.45, 2.75) is 0 Å². The monoisotopic (exact) mass is 320 g/mol. The quantitative estimate of drug-likeness (QED) is 0.305. The Morgan fingerprint density at radius 2 is 0.800 bits per heavy atom. The van der Waals surface area contributed by atoms with Gasteiger partial charge in [-0.05, 0) is 0 Å². The van der Waals surface area contributed by atoms with E-state index in [1.165, 1.54) is 0 Å². The molecule has 15 heavy (non-hydrogen) atoms. The van der Waals surface area contributed by atoms with Crippen LogP contribution in [0.15, 0.2) is 0 Å². The molecular formula is H6CaCl2O11Si. The van der Waals surface area contributed by atoms with E-state index in [4.69, 9.17) is 51.3 Å². The van der Waals surface area contributed by atoms with E-state index in [2.05, 4.69) is 0 Å². The molecule has 0 aliphatic carbocycles. The van der Waals surface area contributed by atoms with Crippen LogP contribution in [-0.4, -0.2) is 65.8 Å². The zero-order valence-electron chi connectivity index (χ0n) is 5.90. The van der Waals surface area contributed by atoms with Crippen molar-refractivity contribution in [2.24, 2.45) is 0 Å². The largest absolute Gasteiger partial charge is 0.183 e. The first-order valence-corrected chi connectivity index (χ1v) is 5.75. The summed E-state index contributed by atoms with van der Waals surface area (Å²) in [5.74, 6) is 0. The molecule has 0 fully saturated rings. The van der Waals surface area contributed by atoms with Crippen LogP contribution in [0.3, 0.4) is 0 Å². The summed E-state index contributed by atoms with van der Waals surface area (Å²) in [7, 11) is -12.5. The molecule has 0 amide bonds. The Kier molecular flexibility index (Phi) is 19.4. The van der Waals surface area contributed by atoms with Crippen LogP contribution in [0.2, 0.25) is 0 Å². The second-order valence-electron chi connectivity index (χ2n) is 1.07. The van der Waals surface area contributed by atoms with Gasteiger partial charge in [-0.1, -0.05) is 0 Å². The molecule has 0 bridgehead atoms. The Bertz CT molecular complexity index is 118. The van der Waals surface area contributed by atoms with Crippen molar-refractivity contribution in [2.75, 3.05) is 0 Å². The molecule has 92 valence electrons. The van der Waals surface area contributed by atoms with Crippen molar-refractivity contribution >= 4 is 46.9 Å². The van der Waals surface area contributed by atoms with Gasteiger partial charge in [0.15, 0.2) is 0 Å². The molecule has 0 atom stereocenters. The van der Waals surface area contributed by atoms with Gasteiger partial charge in [-0.15, -0.1) is 0 Å². The fourth-order valence-corrected chi connectivity index (χ4v) is 0. The van der Waals surface area contributed by atoms with E-state index in [-0.39, 0.29) is 37.7 Å². The molecular weight excluding hydrogens is 315 g/mol. The normalized spacial score (nSPS) is 9.60. The fraction of sp³-hybridized carbons (Fsp3) is 0. The van der Waals surface area contributed by atoms with Crippen molar-refractivity contribution in [3.8, 4) is 0 Å². The van der Waals surface area contributed by atoms with Crippen LogP contribution in [0, 0.1) is 20.5 Å². The van der Waals surface area contributed by atoms with Gasteiger partial charge in [0.25, 0.3) is 0 Å². The maximum Gasteiger partial charge on any atom is 0.0777 e. The fourth-order valence-electron chi connectivity index (χ4n) is 0. The van der Waals surface area contributed by atoms with Crippen molar-refractivity contribution in [1.82, 2.24) is 0 Å². The molecule has 0 unspecified atom stereocenters. The molecule has 0 rings (SSSR count). The van der Waals surface area contributed by atoms with E-state index in [0.717, 1.165) is 0 Å². The molecule has 0 heterocycles. The van der Waals surface area contributed by atoms with Gasteiger partial charge in [-0.25, -0.2) is 0 Å². The van der Waals surface area contributed by atoms with Crippen LogP contribution < -0.4 is 28.0 Å². The zero-order valence-corrected chi connectivity index (χ0v) is 8.41. The van der Waals surface area contributed by atoms with Crippen molar-refractivity contribution < 1.29 is 71.8 Å². The first-order valence-electron chi connectivity index (χ1n) is 1.92. The van der Waals surface area contributed by atoms with E-state index < -0.39 is 29.7 Å². The van der Waals surface area contributed by atoms with Crippen molar-refractivity contribution in [3.63, 3.8) is 0 Å². The van der Waals surface area contributed by atoms with Crippen LogP contribution in [0.1, 0.15) is 0 Å². The number of hydrogen-bond acceptors (Lipinski definition) is 9. The number of hydrogen-bond donors (Lipinski definition) is 4. The molecule has 0 aromatic rings. The second-order valence-corrected chi connectivity index (χ2v) is 3.22. The van der Waals surface area contributed by atoms with Gasteiger partial charge in [0.1, 0.15) is 0 Å². The minimum atomic E-state index is -4.69. The molecule has 0 saturated heterocycles. The summed E-state index contributed by atoms with van der Waals surface area (Å²) >= 11 is 0. The first kappa shape index (κ1) is 25.1. The van der Waals surface area contributed by atoms with Gasteiger partial charge in [-0.3, -0.25) is 4.46 Å². The molecule has 0 aliphatic rings. The minimum absolute atomic E-state index is 0. The predicted octanol–water partition coefficient (Wildman–Crippen LogP) is -10.8. The van der Waals surface area contributed by atoms with Crippen molar-refractivity contribution in [3.05, 3.63) is 0 Å². The molecule has 0 aliphatic heterocycles. The van der Waals surface area contributed by atoms with Gasteiger partial charge >= 0.3 is 46.9 Å². The van der Waals surface area contributed by atoms with Gasteiger partial charge in [0.2, 0.25) is 0 Å². The summed E-state index contributed by atoms with van der Waals surface area (Å²) in [6, 6.07) is 0. The second kappa shape index (κ2) is 11.6. The molecule has 4 N–H and O–H groups in total. The first-order chi connectivity index (χ1) is 5.73. The summed E-state index contributed by atoms with van der Waals surface area (Å²) in [5, 5.41) is 0. The SMILES string of the molecule is O=[Si](O)O.[CaH2].[O-][Cl+3]([O-])([O-])O.[O-][Cl+3]([O-])([O-])O. The smallest absolute Gasteiger partial charge is 0.0777 e. The molecule has 0 radical (unpaired) electrons. The Hall–Kier alpha value is 1.14. The van der Waals surface area contributed by atoms with Gasteiger partial charge in [0.05, 0.1) is 29.8 Å². The van der Waals surface area contributed by atoms with Crippen molar-refractivity contribution in [1.29, 1.82) is 0 Å². The summed E-state index contributed by atoms with van der Waals surface area (Å²) in [6.07, 6.45) is 0. The van der Waals surface area contributed by atoms with E-state index in [1.54, 1.807) is 0 Å². The minimum Gasteiger partial charge on any atom is -0.183 e. The summed E-state index contributed by atoms with van der Waals surface area (Å²) < 4.78 is 74.2. The third-order valence-corrected chi connectivity index (χ3v) is 0. The Morgan fingerprint density at radius 1 is 0.800 bits per heavy atom. The van der Waals surface area contributed by atoms with Crippen LogP contribution >= 0.6 is 0 Å². The Labute approximate surface area is 118 Å². The molecule has 15 heteroatoms. The zero-order chi connectivity index (χ0) is 12.6. The summed E-state index contributed by atoms with van der Waals surface area (Å²) in [4.78, 5) is 14.3. The van der Waals surface area contributed by atoms with Crippen LogP contribution in [0.5, 0.6) is 0 Å². The molecule has 0 spiro atoms. The van der Waals surface area contributed by atoms with E-state index >= 15 is 0 Å². The topological polar surface area (TPSA) is 236 Å². The van der Waals surface area contributed by atoms with Gasteiger partial charge in [-0.2, -0.15) is 28.0 Å². The summed E-state index contributed by atoms with van der Waals surface area (Å²) in [6.45, 7) is 0. The van der Waals surface area contributed by atoms with Gasteiger partial charge < -0.3 is 9.59 Å². The van der Waals surface area contributed by atoms with E-state index in [1.807, 2.05) is 0 Å². The Morgan fingerprint density at radius 3 is 0.800 bits per heavy atom. The molecule has 0 aromatic carbocycles. The number of rotatable bonds is 0. The molecule has 0 saturated carbocycles. The molecule has 0 aromatic heterocycles. The molecule has 11 nitrogen and oxygen atoms in total. The average Bonchev–Trinajstić information content (AvgIpc) is 1.45. The number of halogens is 2. The van der Waals surface area contributed by atoms with Gasteiger partial charge in [0, 0.05) is 0 Å². The van der Waals surface area contributed by atoms with E-state index in [9.17, 15) is 0 Å². The Balaban J connectivity index is -0.0000000590. The summed E-state index contributed by atoms with van der Waals surface area (Å²) in [5.41, 5.74) is 0. The van der Waals surface area contributed by atoms with Crippen LogP contribution in [0.4, 0.5) is 0 Å². The van der Waals surface area contributed by atoms with Crippen LogP contribution in [0.25, 0.3) is 0 Å². The third kappa shape index (κ3) is 2020. The maximum atomic E-state index is 8.74. The third-order valence-electron chi connectivity index (χ3n) is 0. The maximum absolute atomic E-state index is 8.74. The standard InChI is InChI=1S/Ca.2ClHO4.H2O3Si.2H/c;2*2-1(3,4)5;1-4(2)3;;/h;2*(H,2,3,4,5);1-2H;;. The predicted molar refractivity (Wildman–Crippen MR) is 23.9 cm³/mol.